The van der Waals surface area contributed by atoms with Crippen LogP contribution in [0.3, 0.4) is 0 Å². The molecule has 1 fully saturated rings. The van der Waals surface area contributed by atoms with E-state index in [1.807, 2.05) is 49.5 Å². The van der Waals surface area contributed by atoms with Crippen molar-refractivity contribution < 1.29 is 9.18 Å². The first-order valence-corrected chi connectivity index (χ1v) is 12.5. The number of aryl methyl sites for hydroxylation is 1. The Hall–Kier alpha value is -3.23. The van der Waals surface area contributed by atoms with Gasteiger partial charge >= 0.3 is 0 Å². The zero-order valence-electron chi connectivity index (χ0n) is 19.5. The molecule has 8 heteroatoms. The summed E-state index contributed by atoms with van der Waals surface area (Å²) in [5.41, 5.74) is 4.31. The highest BCUT2D eigenvalue weighted by atomic mass is 79.9. The standard InChI is InChI=1S/C27H27BrFN5O/c1-32-25-10-7-22(30-27(35)19-3-2-4-20(28)17-19)18-24(25)31-26(32)11-12-33-13-15-34(16-14-33)23-8-5-21(29)6-9-23/h2-10,17-18H,11-16H2,1H3,(H,30,35). The molecule has 35 heavy (non-hydrogen) atoms. The fourth-order valence-electron chi connectivity index (χ4n) is 4.52. The van der Waals surface area contributed by atoms with Crippen molar-refractivity contribution in [2.75, 3.05) is 42.9 Å². The van der Waals surface area contributed by atoms with E-state index in [-0.39, 0.29) is 11.7 Å². The molecular formula is C27H27BrFN5O. The number of nitrogens with zero attached hydrogens (tertiary/aromatic N) is 4. The van der Waals surface area contributed by atoms with Gasteiger partial charge in [0.15, 0.2) is 0 Å². The fourth-order valence-corrected chi connectivity index (χ4v) is 4.92. The Labute approximate surface area is 212 Å². The van der Waals surface area contributed by atoms with Crippen LogP contribution in [0.4, 0.5) is 15.8 Å². The van der Waals surface area contributed by atoms with Crippen molar-refractivity contribution in [1.82, 2.24) is 14.5 Å². The first-order chi connectivity index (χ1) is 17.0. The monoisotopic (exact) mass is 535 g/mol. The van der Waals surface area contributed by atoms with E-state index in [1.54, 1.807) is 12.1 Å². The van der Waals surface area contributed by atoms with Gasteiger partial charge in [0.25, 0.3) is 5.91 Å². The summed E-state index contributed by atoms with van der Waals surface area (Å²) in [6.45, 7) is 4.71. The number of aromatic nitrogens is 2. The zero-order valence-corrected chi connectivity index (χ0v) is 21.1. The molecule has 1 aliphatic rings. The second-order valence-electron chi connectivity index (χ2n) is 8.81. The van der Waals surface area contributed by atoms with Crippen LogP contribution in [0.15, 0.2) is 71.2 Å². The topological polar surface area (TPSA) is 53.4 Å². The van der Waals surface area contributed by atoms with Crippen LogP contribution in [0.2, 0.25) is 0 Å². The summed E-state index contributed by atoms with van der Waals surface area (Å²) < 4.78 is 16.2. The molecule has 0 atom stereocenters. The number of imidazole rings is 1. The van der Waals surface area contributed by atoms with Gasteiger partial charge in [-0.25, -0.2) is 9.37 Å². The molecule has 0 aliphatic carbocycles. The Morgan fingerprint density at radius 3 is 2.54 bits per heavy atom. The highest BCUT2D eigenvalue weighted by Gasteiger charge is 2.18. The summed E-state index contributed by atoms with van der Waals surface area (Å²) in [5, 5.41) is 2.97. The molecule has 0 saturated carbocycles. The van der Waals surface area contributed by atoms with E-state index >= 15 is 0 Å². The van der Waals surface area contributed by atoms with Gasteiger partial charge in [-0.3, -0.25) is 9.69 Å². The van der Waals surface area contributed by atoms with Crippen LogP contribution in [-0.4, -0.2) is 53.1 Å². The van der Waals surface area contributed by atoms with Crippen LogP contribution in [-0.2, 0) is 13.5 Å². The number of halogens is 2. The van der Waals surface area contributed by atoms with E-state index in [1.165, 1.54) is 12.1 Å². The minimum atomic E-state index is -0.200. The van der Waals surface area contributed by atoms with Gasteiger partial charge in [-0.1, -0.05) is 22.0 Å². The third-order valence-corrected chi connectivity index (χ3v) is 7.03. The average Bonchev–Trinajstić information content (AvgIpc) is 3.18. The number of carbonyl (C=O) groups excluding carboxylic acids is 1. The van der Waals surface area contributed by atoms with E-state index < -0.39 is 0 Å². The predicted octanol–water partition coefficient (Wildman–Crippen LogP) is 5.09. The van der Waals surface area contributed by atoms with Crippen molar-refractivity contribution in [3.8, 4) is 0 Å². The Kier molecular flexibility index (Phi) is 6.83. The predicted molar refractivity (Wildman–Crippen MR) is 142 cm³/mol. The lowest BCUT2D eigenvalue weighted by Gasteiger charge is -2.36. The van der Waals surface area contributed by atoms with Gasteiger partial charge in [0.2, 0.25) is 0 Å². The van der Waals surface area contributed by atoms with Crippen molar-refractivity contribution >= 4 is 44.2 Å². The molecule has 4 aromatic rings. The number of amides is 1. The Morgan fingerprint density at radius 1 is 1.03 bits per heavy atom. The normalized spacial score (nSPS) is 14.4. The smallest absolute Gasteiger partial charge is 0.255 e. The largest absolute Gasteiger partial charge is 0.369 e. The molecule has 180 valence electrons. The van der Waals surface area contributed by atoms with E-state index in [4.69, 9.17) is 4.98 Å². The second-order valence-corrected chi connectivity index (χ2v) is 9.73. The maximum absolute atomic E-state index is 13.2. The van der Waals surface area contributed by atoms with Crippen LogP contribution in [0, 0.1) is 5.82 Å². The van der Waals surface area contributed by atoms with E-state index in [0.29, 0.717) is 5.56 Å². The average molecular weight is 536 g/mol. The lowest BCUT2D eigenvalue weighted by Crippen LogP contribution is -2.47. The molecule has 1 amide bonds. The van der Waals surface area contributed by atoms with Crippen molar-refractivity contribution in [2.24, 2.45) is 7.05 Å². The number of rotatable bonds is 6. The molecule has 5 rings (SSSR count). The van der Waals surface area contributed by atoms with E-state index in [2.05, 4.69) is 35.6 Å². The van der Waals surface area contributed by atoms with Gasteiger partial charge in [-0.05, 0) is 60.7 Å². The molecule has 1 aliphatic heterocycles. The number of nitrogens with one attached hydrogen (secondary N) is 1. The lowest BCUT2D eigenvalue weighted by atomic mass is 10.2. The summed E-state index contributed by atoms with van der Waals surface area (Å²) in [7, 11) is 2.04. The second kappa shape index (κ2) is 10.2. The maximum atomic E-state index is 13.2. The molecule has 3 aromatic carbocycles. The number of piperazine rings is 1. The summed E-state index contributed by atoms with van der Waals surface area (Å²) in [6.07, 6.45) is 0.849. The molecule has 0 spiro atoms. The van der Waals surface area contributed by atoms with Crippen LogP contribution >= 0.6 is 15.9 Å². The van der Waals surface area contributed by atoms with Gasteiger partial charge in [0.05, 0.1) is 11.0 Å². The lowest BCUT2D eigenvalue weighted by molar-refractivity contribution is 0.102. The maximum Gasteiger partial charge on any atom is 0.255 e. The summed E-state index contributed by atoms with van der Waals surface area (Å²) >= 11 is 3.41. The minimum Gasteiger partial charge on any atom is -0.369 e. The molecular weight excluding hydrogens is 509 g/mol. The van der Waals surface area contributed by atoms with Gasteiger partial charge in [0.1, 0.15) is 11.6 Å². The van der Waals surface area contributed by atoms with Gasteiger partial charge in [-0.15, -0.1) is 0 Å². The van der Waals surface area contributed by atoms with Gasteiger partial charge in [0, 0.05) is 67.6 Å². The SMILES string of the molecule is Cn1c(CCN2CCN(c3ccc(F)cc3)CC2)nc2cc(NC(=O)c3cccc(Br)c3)ccc21. The molecule has 0 bridgehead atoms. The van der Waals surface area contributed by atoms with Crippen LogP contribution in [0.25, 0.3) is 11.0 Å². The molecule has 2 heterocycles. The number of hydrogen-bond acceptors (Lipinski definition) is 4. The Balaban J connectivity index is 1.20. The fraction of sp³-hybridized carbons (Fsp3) is 0.259. The minimum absolute atomic E-state index is 0.151. The first kappa shape index (κ1) is 23.5. The third kappa shape index (κ3) is 5.39. The van der Waals surface area contributed by atoms with Crippen molar-refractivity contribution in [3.63, 3.8) is 0 Å². The number of carbonyl (C=O) groups is 1. The van der Waals surface area contributed by atoms with Crippen molar-refractivity contribution in [3.05, 3.63) is 88.4 Å². The molecule has 1 saturated heterocycles. The molecule has 6 nitrogen and oxygen atoms in total. The molecule has 0 unspecified atom stereocenters. The highest BCUT2D eigenvalue weighted by Crippen LogP contribution is 2.22. The van der Waals surface area contributed by atoms with E-state index in [0.717, 1.165) is 71.8 Å². The van der Waals surface area contributed by atoms with E-state index in [9.17, 15) is 9.18 Å². The Morgan fingerprint density at radius 2 is 1.80 bits per heavy atom. The van der Waals surface area contributed by atoms with Crippen LogP contribution in [0.1, 0.15) is 16.2 Å². The number of fused-ring (bicyclic) bond motifs is 1. The van der Waals surface area contributed by atoms with Gasteiger partial charge in [-0.2, -0.15) is 0 Å². The molecule has 0 radical (unpaired) electrons. The highest BCUT2D eigenvalue weighted by molar-refractivity contribution is 9.10. The summed E-state index contributed by atoms with van der Waals surface area (Å²) in [6, 6.07) is 19.9. The van der Waals surface area contributed by atoms with Crippen LogP contribution in [0.5, 0.6) is 0 Å². The Bertz CT molecular complexity index is 1350. The third-order valence-electron chi connectivity index (χ3n) is 6.53. The quantitative estimate of drug-likeness (QED) is 0.373. The number of anilines is 2. The zero-order chi connectivity index (χ0) is 24.4. The van der Waals surface area contributed by atoms with Crippen LogP contribution < -0.4 is 10.2 Å². The summed E-state index contributed by atoms with van der Waals surface area (Å²) in [5.74, 6) is 0.673. The number of benzene rings is 3. The number of hydrogen-bond donors (Lipinski definition) is 1. The molecule has 1 N–H and O–H groups in total. The molecule has 1 aromatic heterocycles. The van der Waals surface area contributed by atoms with Gasteiger partial charge < -0.3 is 14.8 Å². The summed E-state index contributed by atoms with van der Waals surface area (Å²) in [4.78, 5) is 22.2. The van der Waals surface area contributed by atoms with Crippen molar-refractivity contribution in [2.45, 2.75) is 6.42 Å². The van der Waals surface area contributed by atoms with Crippen molar-refractivity contribution in [1.29, 1.82) is 0 Å². The first-order valence-electron chi connectivity index (χ1n) is 11.7.